The molecular weight excluding hydrogens is 268 g/mol. The number of rotatable bonds is 6. The van der Waals surface area contributed by atoms with E-state index in [1.54, 1.807) is 0 Å². The van der Waals surface area contributed by atoms with Crippen LogP contribution in [0.15, 0.2) is 12.6 Å². The lowest BCUT2D eigenvalue weighted by Crippen LogP contribution is -2.05. The van der Waals surface area contributed by atoms with E-state index in [1.165, 1.54) is 0 Å². The molecule has 1 aromatic rings. The molecule has 4 heteroatoms. The van der Waals surface area contributed by atoms with Crippen molar-refractivity contribution in [2.24, 2.45) is 11.8 Å². The van der Waals surface area contributed by atoms with Gasteiger partial charge in [-0.2, -0.15) is 0 Å². The Balaban J connectivity index is 3.31. The lowest BCUT2D eigenvalue weighted by atomic mass is 9.91. The van der Waals surface area contributed by atoms with E-state index in [-0.39, 0.29) is 40.7 Å². The van der Waals surface area contributed by atoms with Gasteiger partial charge in [0.25, 0.3) is 0 Å². The number of aromatic hydroxyl groups is 3. The monoisotopic (exact) mass is 292 g/mol. The number of carbonyl (C=O) groups is 1. The first-order chi connectivity index (χ1) is 9.66. The van der Waals surface area contributed by atoms with Crippen LogP contribution >= 0.6 is 0 Å². The molecule has 21 heavy (non-hydrogen) atoms. The highest BCUT2D eigenvalue weighted by Gasteiger charge is 2.24. The minimum absolute atomic E-state index is 0.00930. The van der Waals surface area contributed by atoms with Gasteiger partial charge in [-0.25, -0.2) is 0 Å². The Kier molecular flexibility index (Phi) is 5.41. The summed E-state index contributed by atoms with van der Waals surface area (Å²) >= 11 is 0. The highest BCUT2D eigenvalue weighted by Crippen LogP contribution is 2.43. The van der Waals surface area contributed by atoms with Gasteiger partial charge in [0.15, 0.2) is 5.78 Å². The first-order valence-electron chi connectivity index (χ1n) is 7.17. The van der Waals surface area contributed by atoms with Crippen LogP contribution in [0.25, 0.3) is 5.57 Å². The number of hydrogen-bond acceptors (Lipinski definition) is 4. The summed E-state index contributed by atoms with van der Waals surface area (Å²) in [4.78, 5) is 12.2. The summed E-state index contributed by atoms with van der Waals surface area (Å²) in [6.07, 6.45) is 0.899. The Morgan fingerprint density at radius 1 is 1.10 bits per heavy atom. The standard InChI is InChI=1S/C17H24O4/c1-9(2)6-7-12(18)16-14(20)8-13(19)15(17(16)21)11(5)10(3)4/h8-10,19-21H,5-7H2,1-4H3. The predicted molar refractivity (Wildman–Crippen MR) is 83.7 cm³/mol. The van der Waals surface area contributed by atoms with E-state index in [9.17, 15) is 20.1 Å². The van der Waals surface area contributed by atoms with Gasteiger partial charge in [0, 0.05) is 12.5 Å². The van der Waals surface area contributed by atoms with Crippen molar-refractivity contribution in [2.75, 3.05) is 0 Å². The van der Waals surface area contributed by atoms with Crippen molar-refractivity contribution in [3.05, 3.63) is 23.8 Å². The Morgan fingerprint density at radius 2 is 1.62 bits per heavy atom. The topological polar surface area (TPSA) is 77.8 Å². The average Bonchev–Trinajstić information content (AvgIpc) is 2.35. The summed E-state index contributed by atoms with van der Waals surface area (Å²) < 4.78 is 0. The van der Waals surface area contributed by atoms with E-state index in [1.807, 2.05) is 27.7 Å². The predicted octanol–water partition coefficient (Wildman–Crippen LogP) is 4.09. The van der Waals surface area contributed by atoms with Gasteiger partial charge in [0.05, 0.1) is 5.56 Å². The molecule has 0 aromatic heterocycles. The quantitative estimate of drug-likeness (QED) is 0.690. The van der Waals surface area contributed by atoms with Crippen LogP contribution in [-0.2, 0) is 0 Å². The molecule has 1 aromatic carbocycles. The number of allylic oxidation sites excluding steroid dienone is 1. The number of Topliss-reactive ketones (excluding diaryl/α,β-unsaturated/α-hetero) is 1. The van der Waals surface area contributed by atoms with Crippen molar-refractivity contribution in [1.82, 2.24) is 0 Å². The normalized spacial score (nSPS) is 11.1. The van der Waals surface area contributed by atoms with E-state index < -0.39 is 5.75 Å². The zero-order chi connectivity index (χ0) is 16.3. The fraction of sp³-hybridized carbons (Fsp3) is 0.471. The highest BCUT2D eigenvalue weighted by molar-refractivity contribution is 6.03. The molecule has 0 aliphatic rings. The van der Waals surface area contributed by atoms with E-state index in [0.29, 0.717) is 17.9 Å². The van der Waals surface area contributed by atoms with Crippen molar-refractivity contribution in [3.8, 4) is 17.2 Å². The van der Waals surface area contributed by atoms with Gasteiger partial charge in [-0.05, 0) is 23.8 Å². The molecule has 0 saturated heterocycles. The van der Waals surface area contributed by atoms with Crippen LogP contribution in [0.2, 0.25) is 0 Å². The second-order valence-electron chi connectivity index (χ2n) is 6.05. The van der Waals surface area contributed by atoms with Gasteiger partial charge < -0.3 is 15.3 Å². The highest BCUT2D eigenvalue weighted by atomic mass is 16.3. The molecule has 0 aliphatic heterocycles. The van der Waals surface area contributed by atoms with Gasteiger partial charge in [-0.15, -0.1) is 0 Å². The molecule has 1 rings (SSSR count). The van der Waals surface area contributed by atoms with Crippen LogP contribution in [0.1, 0.15) is 56.5 Å². The zero-order valence-corrected chi connectivity index (χ0v) is 13.1. The van der Waals surface area contributed by atoms with Crippen LogP contribution in [0.4, 0.5) is 0 Å². The first kappa shape index (κ1) is 17.1. The molecule has 116 valence electrons. The summed E-state index contributed by atoms with van der Waals surface area (Å²) in [6.45, 7) is 11.6. The van der Waals surface area contributed by atoms with Crippen LogP contribution < -0.4 is 0 Å². The fourth-order valence-corrected chi connectivity index (χ4v) is 2.07. The second-order valence-corrected chi connectivity index (χ2v) is 6.05. The maximum atomic E-state index is 12.2. The van der Waals surface area contributed by atoms with Gasteiger partial charge in [-0.3, -0.25) is 4.79 Å². The number of phenolic OH excluding ortho intramolecular Hbond substituents is 3. The molecule has 0 saturated carbocycles. The molecule has 0 unspecified atom stereocenters. The summed E-state index contributed by atoms with van der Waals surface area (Å²) in [6, 6.07) is 1.09. The van der Waals surface area contributed by atoms with Crippen molar-refractivity contribution in [2.45, 2.75) is 40.5 Å². The number of ketones is 1. The van der Waals surface area contributed by atoms with Crippen molar-refractivity contribution < 1.29 is 20.1 Å². The first-order valence-corrected chi connectivity index (χ1v) is 7.17. The van der Waals surface area contributed by atoms with Gasteiger partial charge in [0.2, 0.25) is 0 Å². The molecular formula is C17H24O4. The summed E-state index contributed by atoms with van der Waals surface area (Å²) in [7, 11) is 0. The smallest absolute Gasteiger partial charge is 0.170 e. The second kappa shape index (κ2) is 6.66. The number of carbonyl (C=O) groups excluding carboxylic acids is 1. The van der Waals surface area contributed by atoms with Gasteiger partial charge >= 0.3 is 0 Å². The Morgan fingerprint density at radius 3 is 2.10 bits per heavy atom. The number of benzene rings is 1. The van der Waals surface area contributed by atoms with Crippen molar-refractivity contribution in [1.29, 1.82) is 0 Å². The lowest BCUT2D eigenvalue weighted by Gasteiger charge is -2.17. The largest absolute Gasteiger partial charge is 0.507 e. The van der Waals surface area contributed by atoms with Crippen LogP contribution in [-0.4, -0.2) is 21.1 Å². The molecule has 4 nitrogen and oxygen atoms in total. The molecule has 0 spiro atoms. The summed E-state index contributed by atoms with van der Waals surface area (Å²) in [5.74, 6) is -1.06. The Bertz CT molecular complexity index is 556. The van der Waals surface area contributed by atoms with Crippen molar-refractivity contribution in [3.63, 3.8) is 0 Å². The molecule has 0 heterocycles. The minimum Gasteiger partial charge on any atom is -0.507 e. The van der Waals surface area contributed by atoms with Gasteiger partial charge in [-0.1, -0.05) is 34.3 Å². The molecule has 3 N–H and O–H groups in total. The molecule has 0 atom stereocenters. The van der Waals surface area contributed by atoms with E-state index >= 15 is 0 Å². The Hall–Kier alpha value is -1.97. The Labute approximate surface area is 125 Å². The van der Waals surface area contributed by atoms with Crippen molar-refractivity contribution >= 4 is 11.4 Å². The third-order valence-electron chi connectivity index (χ3n) is 3.50. The SMILES string of the molecule is C=C(c1c(O)cc(O)c(C(=O)CCC(C)C)c1O)C(C)C. The lowest BCUT2D eigenvalue weighted by molar-refractivity contribution is 0.0970. The van der Waals surface area contributed by atoms with Crippen LogP contribution in [0, 0.1) is 11.8 Å². The molecule has 0 aliphatic carbocycles. The number of phenols is 3. The maximum absolute atomic E-state index is 12.2. The van der Waals surface area contributed by atoms with Crippen LogP contribution in [0.5, 0.6) is 17.2 Å². The van der Waals surface area contributed by atoms with E-state index in [0.717, 1.165) is 6.07 Å². The number of hydrogen-bond donors (Lipinski definition) is 3. The molecule has 0 amide bonds. The third kappa shape index (κ3) is 3.78. The summed E-state index contributed by atoms with van der Waals surface area (Å²) in [5.41, 5.74) is 0.517. The summed E-state index contributed by atoms with van der Waals surface area (Å²) in [5, 5.41) is 30.1. The minimum atomic E-state index is -0.404. The average molecular weight is 292 g/mol. The molecule has 0 radical (unpaired) electrons. The van der Waals surface area contributed by atoms with Gasteiger partial charge in [0.1, 0.15) is 22.8 Å². The fourth-order valence-electron chi connectivity index (χ4n) is 2.07. The van der Waals surface area contributed by atoms with E-state index in [4.69, 9.17) is 0 Å². The van der Waals surface area contributed by atoms with E-state index in [2.05, 4.69) is 6.58 Å². The third-order valence-corrected chi connectivity index (χ3v) is 3.50. The molecule has 0 bridgehead atoms. The zero-order valence-electron chi connectivity index (χ0n) is 13.1. The maximum Gasteiger partial charge on any atom is 0.170 e. The van der Waals surface area contributed by atoms with Crippen LogP contribution in [0.3, 0.4) is 0 Å². The molecule has 0 fully saturated rings.